The smallest absolute Gasteiger partial charge is 0.355 e. The molecule has 1 aliphatic rings. The van der Waals surface area contributed by atoms with Gasteiger partial charge in [0.05, 0.1) is 23.2 Å². The van der Waals surface area contributed by atoms with Gasteiger partial charge in [0.15, 0.2) is 5.82 Å². The van der Waals surface area contributed by atoms with Gasteiger partial charge in [0, 0.05) is 60.3 Å². The van der Waals surface area contributed by atoms with Crippen LogP contribution in [0.25, 0.3) is 10.9 Å². The molecule has 3 heterocycles. The fourth-order valence-electron chi connectivity index (χ4n) is 4.24. The van der Waals surface area contributed by atoms with E-state index in [2.05, 4.69) is 25.7 Å². The molecule has 0 spiro atoms. The Balaban J connectivity index is 1.25. The molecule has 190 valence electrons. The number of aromatic nitrogens is 4. The number of fused-ring (bicyclic) bond motifs is 1. The molecule has 2 aromatic carbocycles. The van der Waals surface area contributed by atoms with Crippen LogP contribution in [0.2, 0.25) is 0 Å². The Morgan fingerprint density at radius 1 is 1.03 bits per heavy atom. The Morgan fingerprint density at radius 3 is 2.49 bits per heavy atom. The third-order valence-corrected chi connectivity index (χ3v) is 6.47. The molecule has 12 heteroatoms. The van der Waals surface area contributed by atoms with Crippen molar-refractivity contribution in [3.63, 3.8) is 0 Å². The number of nitrogens with zero attached hydrogens (tertiary/aromatic N) is 6. The number of carbonyl (C=O) groups excluding carboxylic acids is 1. The molecule has 37 heavy (non-hydrogen) atoms. The van der Waals surface area contributed by atoms with Gasteiger partial charge in [-0.3, -0.25) is 9.78 Å². The van der Waals surface area contributed by atoms with Crippen LogP contribution in [0.5, 0.6) is 0 Å². The molecule has 8 nitrogen and oxygen atoms in total. The number of nitrogens with one attached hydrogen (secondary N) is 1. The highest BCUT2D eigenvalue weighted by Crippen LogP contribution is 2.33. The molecule has 1 fully saturated rings. The number of halogens is 4. The van der Waals surface area contributed by atoms with Crippen LogP contribution in [0, 0.1) is 0 Å². The maximum Gasteiger partial charge on any atom is 0.416 e. The minimum absolute atomic E-state index is 0.0846. The van der Waals surface area contributed by atoms with Crippen LogP contribution in [0.4, 0.5) is 30.4 Å². The van der Waals surface area contributed by atoms with Crippen molar-refractivity contribution in [3.05, 3.63) is 77.6 Å². The number of pyridine rings is 1. The Labute approximate surface area is 215 Å². The van der Waals surface area contributed by atoms with Crippen molar-refractivity contribution >= 4 is 45.6 Å². The molecule has 0 unspecified atom stereocenters. The Kier molecular flexibility index (Phi) is 6.79. The first-order valence-electron chi connectivity index (χ1n) is 11.4. The van der Waals surface area contributed by atoms with Gasteiger partial charge in [-0.1, -0.05) is 6.07 Å². The number of hydrogen-bond donors (Lipinski definition) is 1. The van der Waals surface area contributed by atoms with Crippen LogP contribution in [-0.2, 0) is 12.1 Å². The molecule has 0 aliphatic carbocycles. The summed E-state index contributed by atoms with van der Waals surface area (Å²) in [5.74, 6) is 0.880. The van der Waals surface area contributed by atoms with Crippen molar-refractivity contribution < 1.29 is 18.0 Å². The molecule has 0 saturated carbocycles. The van der Waals surface area contributed by atoms with E-state index in [0.717, 1.165) is 17.7 Å². The number of piperazine rings is 1. The third-order valence-electron chi connectivity index (χ3n) is 6.18. The quantitative estimate of drug-likeness (QED) is 0.370. The van der Waals surface area contributed by atoms with E-state index in [4.69, 9.17) is 11.6 Å². The molecular weight excluding hydrogens is 507 g/mol. The van der Waals surface area contributed by atoms with E-state index in [1.54, 1.807) is 41.4 Å². The summed E-state index contributed by atoms with van der Waals surface area (Å²) in [5.41, 5.74) is 2.13. The molecule has 2 aromatic heterocycles. The average Bonchev–Trinajstić information content (AvgIpc) is 2.92. The summed E-state index contributed by atoms with van der Waals surface area (Å²) in [7, 11) is 0. The van der Waals surface area contributed by atoms with Crippen LogP contribution in [0.1, 0.15) is 21.5 Å². The number of rotatable bonds is 5. The summed E-state index contributed by atoms with van der Waals surface area (Å²) in [6, 6.07) is 12.1. The second-order valence-corrected chi connectivity index (χ2v) is 8.75. The Hall–Kier alpha value is -3.99. The number of alkyl halides is 4. The van der Waals surface area contributed by atoms with Crippen molar-refractivity contribution in [2.75, 3.05) is 36.4 Å². The first-order valence-corrected chi connectivity index (χ1v) is 12.0. The van der Waals surface area contributed by atoms with Gasteiger partial charge in [0.1, 0.15) is 0 Å². The van der Waals surface area contributed by atoms with Crippen LogP contribution >= 0.6 is 11.6 Å². The Morgan fingerprint density at radius 2 is 1.78 bits per heavy atom. The van der Waals surface area contributed by atoms with E-state index in [-0.39, 0.29) is 17.3 Å². The van der Waals surface area contributed by atoms with Gasteiger partial charge >= 0.3 is 6.18 Å². The average molecular weight is 528 g/mol. The minimum Gasteiger partial charge on any atom is -0.355 e. The lowest BCUT2D eigenvalue weighted by Crippen LogP contribution is -2.49. The van der Waals surface area contributed by atoms with E-state index in [1.807, 2.05) is 4.90 Å². The molecule has 1 saturated heterocycles. The lowest BCUT2D eigenvalue weighted by Gasteiger charge is -2.35. The van der Waals surface area contributed by atoms with Crippen LogP contribution in [-0.4, -0.2) is 57.4 Å². The zero-order valence-corrected chi connectivity index (χ0v) is 20.2. The number of carbonyl (C=O) groups is 1. The summed E-state index contributed by atoms with van der Waals surface area (Å²) >= 11 is 5.98. The summed E-state index contributed by atoms with van der Waals surface area (Å²) in [4.78, 5) is 20.9. The predicted molar refractivity (Wildman–Crippen MR) is 134 cm³/mol. The standard InChI is InChI=1S/C25H21ClF3N7O/c26-14-17-15-31-34-33-23(17)35-9-11-36(12-10-35)24(37)16-1-4-19(5-2-16)32-21-7-8-30-22-13-18(25(27,28)29)3-6-20(21)22/h1-8,13,15H,9-12,14H2,(H,30,32). The Bertz CT molecular complexity index is 1420. The van der Waals surface area contributed by atoms with Gasteiger partial charge < -0.3 is 15.1 Å². The van der Waals surface area contributed by atoms with Crippen molar-refractivity contribution in [3.8, 4) is 0 Å². The summed E-state index contributed by atoms with van der Waals surface area (Å²) in [6.07, 6.45) is -1.39. The monoisotopic (exact) mass is 527 g/mol. The second kappa shape index (κ2) is 10.2. The van der Waals surface area contributed by atoms with E-state index in [1.165, 1.54) is 12.3 Å². The van der Waals surface area contributed by atoms with E-state index >= 15 is 0 Å². The van der Waals surface area contributed by atoms with Crippen LogP contribution in [0.15, 0.2) is 60.9 Å². The third kappa shape index (κ3) is 5.26. The molecule has 0 radical (unpaired) electrons. The molecule has 1 N–H and O–H groups in total. The van der Waals surface area contributed by atoms with Gasteiger partial charge in [0.2, 0.25) is 0 Å². The summed E-state index contributed by atoms with van der Waals surface area (Å²) < 4.78 is 39.1. The lowest BCUT2D eigenvalue weighted by atomic mass is 10.1. The first kappa shape index (κ1) is 24.7. The van der Waals surface area contributed by atoms with Crippen LogP contribution in [0.3, 0.4) is 0 Å². The molecular formula is C25H21ClF3N7O. The van der Waals surface area contributed by atoms with Crippen molar-refractivity contribution in [1.82, 2.24) is 25.3 Å². The summed E-state index contributed by atoms with van der Waals surface area (Å²) in [6.45, 7) is 2.24. The van der Waals surface area contributed by atoms with E-state index in [9.17, 15) is 18.0 Å². The SMILES string of the molecule is O=C(c1ccc(Nc2ccnc3cc(C(F)(F)F)ccc23)cc1)N1CCN(c2nnncc2CCl)CC1. The highest BCUT2D eigenvalue weighted by Gasteiger charge is 2.30. The van der Waals surface area contributed by atoms with Gasteiger partial charge in [-0.15, -0.1) is 21.8 Å². The van der Waals surface area contributed by atoms with Crippen molar-refractivity contribution in [1.29, 1.82) is 0 Å². The zero-order valence-electron chi connectivity index (χ0n) is 19.4. The van der Waals surface area contributed by atoms with Gasteiger partial charge in [-0.05, 0) is 47.7 Å². The normalized spacial score (nSPS) is 14.2. The number of benzene rings is 2. The number of anilines is 3. The fourth-order valence-corrected chi connectivity index (χ4v) is 4.42. The molecule has 5 rings (SSSR count). The molecule has 0 atom stereocenters. The second-order valence-electron chi connectivity index (χ2n) is 8.49. The van der Waals surface area contributed by atoms with Crippen molar-refractivity contribution in [2.45, 2.75) is 12.1 Å². The van der Waals surface area contributed by atoms with E-state index in [0.29, 0.717) is 54.3 Å². The van der Waals surface area contributed by atoms with Gasteiger partial charge in [-0.2, -0.15) is 13.2 Å². The number of hydrogen-bond acceptors (Lipinski definition) is 7. The number of amides is 1. The largest absolute Gasteiger partial charge is 0.416 e. The molecule has 1 aliphatic heterocycles. The minimum atomic E-state index is -4.44. The highest BCUT2D eigenvalue weighted by molar-refractivity contribution is 6.17. The zero-order chi connectivity index (χ0) is 26.0. The van der Waals surface area contributed by atoms with Gasteiger partial charge in [-0.25, -0.2) is 0 Å². The molecule has 0 bridgehead atoms. The maximum atomic E-state index is 13.1. The predicted octanol–water partition coefficient (Wildman–Crippen LogP) is 4.88. The van der Waals surface area contributed by atoms with E-state index < -0.39 is 11.7 Å². The molecule has 4 aromatic rings. The first-order chi connectivity index (χ1) is 17.8. The fraction of sp³-hybridized carbons (Fsp3) is 0.240. The maximum absolute atomic E-state index is 13.1. The van der Waals surface area contributed by atoms with Crippen molar-refractivity contribution in [2.24, 2.45) is 0 Å². The van der Waals surface area contributed by atoms with Gasteiger partial charge in [0.25, 0.3) is 5.91 Å². The highest BCUT2D eigenvalue weighted by atomic mass is 35.5. The van der Waals surface area contributed by atoms with Crippen LogP contribution < -0.4 is 10.2 Å². The topological polar surface area (TPSA) is 87.1 Å². The summed E-state index contributed by atoms with van der Waals surface area (Å²) in [5, 5.41) is 15.3. The lowest BCUT2D eigenvalue weighted by molar-refractivity contribution is -0.137. The molecule has 1 amide bonds.